The van der Waals surface area contributed by atoms with E-state index in [0.29, 0.717) is 5.92 Å². The van der Waals surface area contributed by atoms with E-state index in [2.05, 4.69) is 18.7 Å². The van der Waals surface area contributed by atoms with Crippen LogP contribution in [0.1, 0.15) is 17.9 Å². The number of carbonyl (C=O) groups excluding carboxylic acids is 1. The fourth-order valence-electron chi connectivity index (χ4n) is 2.38. The maximum atomic E-state index is 11.9. The first-order chi connectivity index (χ1) is 8.72. The molecule has 2 amide bonds. The van der Waals surface area contributed by atoms with E-state index >= 15 is 0 Å². The average molecular weight is 244 g/mol. The van der Waals surface area contributed by atoms with Gasteiger partial charge in [-0.1, -0.05) is 36.4 Å². The van der Waals surface area contributed by atoms with E-state index < -0.39 is 0 Å². The molecule has 0 spiro atoms. The van der Waals surface area contributed by atoms with Crippen molar-refractivity contribution in [3.63, 3.8) is 0 Å². The van der Waals surface area contributed by atoms with Gasteiger partial charge >= 0.3 is 6.03 Å². The van der Waals surface area contributed by atoms with Gasteiger partial charge in [0.1, 0.15) is 0 Å². The molecule has 1 aliphatic heterocycles. The molecule has 0 aliphatic carbocycles. The zero-order valence-corrected chi connectivity index (χ0v) is 10.9. The van der Waals surface area contributed by atoms with Crippen LogP contribution in [0.2, 0.25) is 0 Å². The molecule has 0 bridgehead atoms. The van der Waals surface area contributed by atoms with Gasteiger partial charge in [-0.05, 0) is 12.0 Å². The molecule has 0 N–H and O–H groups in total. The molecule has 1 fully saturated rings. The summed E-state index contributed by atoms with van der Waals surface area (Å²) in [7, 11) is 1.85. The third kappa shape index (κ3) is 2.73. The smallest absolute Gasteiger partial charge is 0.319 e. The number of likely N-dealkylation sites (N-methyl/N-ethyl adjacent to an activating group) is 1. The molecule has 0 saturated carbocycles. The standard InChI is InChI=1S/C15H20N2O/c1-3-7-14(13-8-5-4-6-9-13)12-17-11-10-16(2)15(17)18/h3-6,8-9,14H,1,7,10-12H2,2H3. The zero-order chi connectivity index (χ0) is 13.0. The summed E-state index contributed by atoms with van der Waals surface area (Å²) in [6, 6.07) is 10.5. The quantitative estimate of drug-likeness (QED) is 0.730. The molecular formula is C15H20N2O. The summed E-state index contributed by atoms with van der Waals surface area (Å²) in [5.74, 6) is 0.346. The van der Waals surface area contributed by atoms with Crippen molar-refractivity contribution in [2.45, 2.75) is 12.3 Å². The highest BCUT2D eigenvalue weighted by Crippen LogP contribution is 2.22. The second-order valence-electron chi connectivity index (χ2n) is 4.78. The number of hydrogen-bond acceptors (Lipinski definition) is 1. The molecule has 1 atom stereocenters. The van der Waals surface area contributed by atoms with Crippen molar-refractivity contribution in [3.8, 4) is 0 Å². The summed E-state index contributed by atoms with van der Waals surface area (Å²) in [5.41, 5.74) is 1.28. The molecule has 0 radical (unpaired) electrons. The Morgan fingerprint density at radius 2 is 2.06 bits per heavy atom. The molecule has 1 unspecified atom stereocenters. The Morgan fingerprint density at radius 3 is 2.61 bits per heavy atom. The lowest BCUT2D eigenvalue weighted by Crippen LogP contribution is -2.32. The Balaban J connectivity index is 2.07. The molecule has 1 saturated heterocycles. The van der Waals surface area contributed by atoms with Gasteiger partial charge in [0.15, 0.2) is 0 Å². The highest BCUT2D eigenvalue weighted by atomic mass is 16.2. The molecule has 1 aliphatic rings. The summed E-state index contributed by atoms with van der Waals surface area (Å²) in [5, 5.41) is 0. The van der Waals surface area contributed by atoms with Crippen molar-refractivity contribution in [1.82, 2.24) is 9.80 Å². The Kier molecular flexibility index (Phi) is 4.03. The van der Waals surface area contributed by atoms with E-state index in [4.69, 9.17) is 0 Å². The lowest BCUT2D eigenvalue weighted by molar-refractivity contribution is 0.196. The van der Waals surface area contributed by atoms with Crippen LogP contribution in [0, 0.1) is 0 Å². The third-order valence-corrected chi connectivity index (χ3v) is 3.47. The van der Waals surface area contributed by atoms with Gasteiger partial charge in [0.2, 0.25) is 0 Å². The summed E-state index contributed by atoms with van der Waals surface area (Å²) in [4.78, 5) is 15.6. The number of nitrogens with zero attached hydrogens (tertiary/aromatic N) is 2. The van der Waals surface area contributed by atoms with Gasteiger partial charge in [-0.15, -0.1) is 6.58 Å². The fraction of sp³-hybridized carbons (Fsp3) is 0.400. The summed E-state index contributed by atoms with van der Waals surface area (Å²) in [6.07, 6.45) is 2.83. The minimum Gasteiger partial charge on any atom is -0.326 e. The van der Waals surface area contributed by atoms with E-state index in [1.807, 2.05) is 36.2 Å². The molecule has 0 aromatic heterocycles. The van der Waals surface area contributed by atoms with Crippen LogP contribution in [0.25, 0.3) is 0 Å². The normalized spacial score (nSPS) is 17.1. The number of carbonyl (C=O) groups is 1. The molecule has 18 heavy (non-hydrogen) atoms. The molecule has 1 aromatic rings. The molecule has 96 valence electrons. The van der Waals surface area contributed by atoms with Gasteiger partial charge in [0.25, 0.3) is 0 Å². The zero-order valence-electron chi connectivity index (χ0n) is 10.9. The van der Waals surface area contributed by atoms with Crippen molar-refractivity contribution in [2.24, 2.45) is 0 Å². The monoisotopic (exact) mass is 244 g/mol. The van der Waals surface area contributed by atoms with Crippen molar-refractivity contribution in [2.75, 3.05) is 26.7 Å². The maximum Gasteiger partial charge on any atom is 0.319 e. The van der Waals surface area contributed by atoms with Gasteiger partial charge in [-0.3, -0.25) is 0 Å². The van der Waals surface area contributed by atoms with Crippen molar-refractivity contribution >= 4 is 6.03 Å². The van der Waals surface area contributed by atoms with Crippen LogP contribution in [0.5, 0.6) is 0 Å². The van der Waals surface area contributed by atoms with E-state index in [1.54, 1.807) is 4.90 Å². The Labute approximate surface area is 109 Å². The van der Waals surface area contributed by atoms with E-state index in [-0.39, 0.29) is 6.03 Å². The minimum absolute atomic E-state index is 0.139. The third-order valence-electron chi connectivity index (χ3n) is 3.47. The molecule has 3 nitrogen and oxygen atoms in total. The van der Waals surface area contributed by atoms with Crippen LogP contribution >= 0.6 is 0 Å². The van der Waals surface area contributed by atoms with Gasteiger partial charge < -0.3 is 9.80 Å². The van der Waals surface area contributed by atoms with E-state index in [9.17, 15) is 4.79 Å². The van der Waals surface area contributed by atoms with Crippen LogP contribution in [0.15, 0.2) is 43.0 Å². The Morgan fingerprint density at radius 1 is 1.33 bits per heavy atom. The molecule has 2 rings (SSSR count). The van der Waals surface area contributed by atoms with Crippen molar-refractivity contribution in [1.29, 1.82) is 0 Å². The SMILES string of the molecule is C=CCC(CN1CCN(C)C1=O)c1ccccc1. The summed E-state index contributed by atoms with van der Waals surface area (Å²) < 4.78 is 0. The first-order valence-electron chi connectivity index (χ1n) is 6.38. The second kappa shape index (κ2) is 5.71. The molecular weight excluding hydrogens is 224 g/mol. The van der Waals surface area contributed by atoms with Gasteiger partial charge in [0, 0.05) is 32.6 Å². The van der Waals surface area contributed by atoms with Gasteiger partial charge in [-0.2, -0.15) is 0 Å². The van der Waals surface area contributed by atoms with E-state index in [1.165, 1.54) is 5.56 Å². The largest absolute Gasteiger partial charge is 0.326 e. The van der Waals surface area contributed by atoms with Gasteiger partial charge in [0.05, 0.1) is 0 Å². The number of amides is 2. The maximum absolute atomic E-state index is 11.9. The highest BCUT2D eigenvalue weighted by Gasteiger charge is 2.27. The fourth-order valence-corrected chi connectivity index (χ4v) is 2.38. The summed E-state index contributed by atoms with van der Waals surface area (Å²) in [6.45, 7) is 6.25. The lowest BCUT2D eigenvalue weighted by atomic mass is 9.95. The Hall–Kier alpha value is -1.77. The highest BCUT2D eigenvalue weighted by molar-refractivity contribution is 5.76. The molecule has 3 heteroatoms. The molecule has 1 aromatic carbocycles. The Bertz CT molecular complexity index is 416. The van der Waals surface area contributed by atoms with Crippen molar-refractivity contribution in [3.05, 3.63) is 48.6 Å². The van der Waals surface area contributed by atoms with Crippen LogP contribution in [-0.2, 0) is 0 Å². The molecule has 1 heterocycles. The van der Waals surface area contributed by atoms with E-state index in [0.717, 1.165) is 26.1 Å². The second-order valence-corrected chi connectivity index (χ2v) is 4.78. The summed E-state index contributed by atoms with van der Waals surface area (Å²) >= 11 is 0. The average Bonchev–Trinajstić information content (AvgIpc) is 2.71. The van der Waals surface area contributed by atoms with Crippen LogP contribution < -0.4 is 0 Å². The first kappa shape index (κ1) is 12.7. The van der Waals surface area contributed by atoms with Crippen LogP contribution in [0.4, 0.5) is 4.79 Å². The first-order valence-corrected chi connectivity index (χ1v) is 6.38. The number of urea groups is 1. The number of hydrogen-bond donors (Lipinski definition) is 0. The van der Waals surface area contributed by atoms with Crippen LogP contribution in [-0.4, -0.2) is 42.5 Å². The number of benzene rings is 1. The predicted octanol–water partition coefficient (Wildman–Crippen LogP) is 2.71. The topological polar surface area (TPSA) is 23.6 Å². The number of allylic oxidation sites excluding steroid dienone is 1. The minimum atomic E-state index is 0.139. The predicted molar refractivity (Wildman–Crippen MR) is 73.6 cm³/mol. The van der Waals surface area contributed by atoms with Gasteiger partial charge in [-0.25, -0.2) is 4.79 Å². The van der Waals surface area contributed by atoms with Crippen molar-refractivity contribution < 1.29 is 4.79 Å². The lowest BCUT2D eigenvalue weighted by Gasteiger charge is -2.23. The number of rotatable bonds is 5. The van der Waals surface area contributed by atoms with Crippen LogP contribution in [0.3, 0.4) is 0 Å².